The highest BCUT2D eigenvalue weighted by atomic mass is 32.2. The quantitative estimate of drug-likeness (QED) is 0.698. The molecule has 0 aliphatic carbocycles. The Morgan fingerprint density at radius 1 is 1.30 bits per heavy atom. The van der Waals surface area contributed by atoms with Crippen molar-refractivity contribution in [3.8, 4) is 22.6 Å². The molecule has 2 aromatic heterocycles. The lowest BCUT2D eigenvalue weighted by atomic mass is 10.0. The van der Waals surface area contributed by atoms with E-state index >= 15 is 0 Å². The van der Waals surface area contributed by atoms with Gasteiger partial charge >= 0.3 is 5.97 Å². The van der Waals surface area contributed by atoms with Gasteiger partial charge in [0.05, 0.1) is 11.4 Å². The summed E-state index contributed by atoms with van der Waals surface area (Å²) in [7, 11) is 1.88. The molecule has 2 N–H and O–H groups in total. The van der Waals surface area contributed by atoms with E-state index in [2.05, 4.69) is 26.3 Å². The molecular weight excluding hydrogens is 314 g/mol. The molecule has 118 valence electrons. The van der Waals surface area contributed by atoms with Crippen LogP contribution in [0.1, 0.15) is 5.56 Å². The number of aliphatic carboxylic acids is 1. The molecule has 23 heavy (non-hydrogen) atoms. The van der Waals surface area contributed by atoms with Gasteiger partial charge in [0.25, 0.3) is 0 Å². The minimum absolute atomic E-state index is 0.0539. The third-order valence-electron chi connectivity index (χ3n) is 3.16. The molecule has 0 radical (unpaired) electrons. The zero-order chi connectivity index (χ0) is 16.4. The van der Waals surface area contributed by atoms with Crippen molar-refractivity contribution in [3.63, 3.8) is 0 Å². The fraction of sp³-hybridized carbons (Fsp3) is 0.200. The van der Waals surface area contributed by atoms with Crippen molar-refractivity contribution >= 4 is 17.7 Å². The second-order valence-corrected chi connectivity index (χ2v) is 6.09. The van der Waals surface area contributed by atoms with Crippen LogP contribution in [0.25, 0.3) is 22.6 Å². The normalized spacial score (nSPS) is 10.9. The zero-order valence-electron chi connectivity index (χ0n) is 12.6. The van der Waals surface area contributed by atoms with E-state index < -0.39 is 5.97 Å². The summed E-state index contributed by atoms with van der Waals surface area (Å²) >= 11 is 1.11. The lowest BCUT2D eigenvalue weighted by Crippen LogP contribution is -1.97. The number of nitrogens with zero attached hydrogens (tertiary/aromatic N) is 4. The molecule has 1 aromatic carbocycles. The number of benzene rings is 1. The van der Waals surface area contributed by atoms with E-state index in [1.165, 1.54) is 0 Å². The Balaban J connectivity index is 1.91. The van der Waals surface area contributed by atoms with Gasteiger partial charge in [-0.25, -0.2) is 0 Å². The van der Waals surface area contributed by atoms with Crippen molar-refractivity contribution in [2.45, 2.75) is 12.1 Å². The first-order valence-electron chi connectivity index (χ1n) is 6.90. The average molecular weight is 329 g/mol. The van der Waals surface area contributed by atoms with E-state index in [4.69, 9.17) is 5.11 Å². The topological polar surface area (TPSA) is 96.7 Å². The van der Waals surface area contributed by atoms with Crippen LogP contribution in [0.15, 0.2) is 35.6 Å². The van der Waals surface area contributed by atoms with Gasteiger partial charge in [-0.2, -0.15) is 5.10 Å². The van der Waals surface area contributed by atoms with E-state index in [1.54, 1.807) is 4.68 Å². The predicted molar refractivity (Wildman–Crippen MR) is 87.1 cm³/mol. The van der Waals surface area contributed by atoms with Crippen LogP contribution < -0.4 is 0 Å². The van der Waals surface area contributed by atoms with E-state index in [1.807, 2.05) is 38.4 Å². The summed E-state index contributed by atoms with van der Waals surface area (Å²) in [5.74, 6) is -0.332. The van der Waals surface area contributed by atoms with Crippen molar-refractivity contribution < 1.29 is 9.90 Å². The number of carbonyl (C=O) groups is 1. The monoisotopic (exact) mass is 329 g/mol. The maximum Gasteiger partial charge on any atom is 0.313 e. The van der Waals surface area contributed by atoms with E-state index in [-0.39, 0.29) is 5.75 Å². The van der Waals surface area contributed by atoms with Gasteiger partial charge in [0, 0.05) is 24.4 Å². The first-order valence-corrected chi connectivity index (χ1v) is 7.89. The van der Waals surface area contributed by atoms with Gasteiger partial charge in [-0.15, -0.1) is 10.2 Å². The third kappa shape index (κ3) is 3.59. The molecule has 7 nitrogen and oxygen atoms in total. The first kappa shape index (κ1) is 15.3. The fourth-order valence-electron chi connectivity index (χ4n) is 2.21. The molecule has 3 aromatic rings. The van der Waals surface area contributed by atoms with E-state index in [9.17, 15) is 4.79 Å². The number of hydrogen-bond acceptors (Lipinski definition) is 5. The van der Waals surface area contributed by atoms with Crippen LogP contribution in [0.2, 0.25) is 0 Å². The van der Waals surface area contributed by atoms with Crippen molar-refractivity contribution in [1.29, 1.82) is 0 Å². The minimum atomic E-state index is -0.888. The molecule has 0 spiro atoms. The van der Waals surface area contributed by atoms with E-state index in [0.29, 0.717) is 11.0 Å². The Hall–Kier alpha value is -2.61. The van der Waals surface area contributed by atoms with Gasteiger partial charge in [-0.05, 0) is 36.8 Å². The SMILES string of the molecule is Cc1cc(-c2ccn(C)n2)cc(-c2nnc(SCC(=O)O)[nH]2)c1. The van der Waals surface area contributed by atoms with E-state index in [0.717, 1.165) is 34.1 Å². The first-order chi connectivity index (χ1) is 11.0. The van der Waals surface area contributed by atoms with Crippen molar-refractivity contribution in [2.24, 2.45) is 7.05 Å². The Morgan fingerprint density at radius 3 is 2.78 bits per heavy atom. The third-order valence-corrected chi connectivity index (χ3v) is 4.01. The van der Waals surface area contributed by atoms with Crippen molar-refractivity contribution in [3.05, 3.63) is 36.0 Å². The molecule has 0 fully saturated rings. The maximum absolute atomic E-state index is 10.6. The molecule has 0 unspecified atom stereocenters. The summed E-state index contributed by atoms with van der Waals surface area (Å²) in [6, 6.07) is 8.00. The van der Waals surface area contributed by atoms with Crippen LogP contribution >= 0.6 is 11.8 Å². The Kier molecular flexibility index (Phi) is 4.16. The predicted octanol–water partition coefficient (Wildman–Crippen LogP) is 2.36. The van der Waals surface area contributed by atoms with Gasteiger partial charge in [0.2, 0.25) is 0 Å². The second-order valence-electron chi connectivity index (χ2n) is 5.12. The smallest absolute Gasteiger partial charge is 0.313 e. The van der Waals surface area contributed by atoms with Crippen LogP contribution in [0, 0.1) is 6.92 Å². The largest absolute Gasteiger partial charge is 0.481 e. The van der Waals surface area contributed by atoms with Crippen molar-refractivity contribution in [1.82, 2.24) is 25.0 Å². The highest BCUT2D eigenvalue weighted by Gasteiger charge is 2.10. The zero-order valence-corrected chi connectivity index (χ0v) is 13.5. The summed E-state index contributed by atoms with van der Waals surface area (Å²) in [4.78, 5) is 13.7. The molecule has 0 atom stereocenters. The number of thioether (sulfide) groups is 1. The van der Waals surface area contributed by atoms with Crippen LogP contribution in [0.3, 0.4) is 0 Å². The molecule has 0 aliphatic heterocycles. The van der Waals surface area contributed by atoms with Gasteiger partial charge < -0.3 is 10.1 Å². The number of aromatic nitrogens is 5. The number of nitrogens with one attached hydrogen (secondary N) is 1. The van der Waals surface area contributed by atoms with Crippen LogP contribution in [0.4, 0.5) is 0 Å². The molecule has 0 aliphatic rings. The number of rotatable bonds is 5. The Labute approximate surface area is 136 Å². The molecule has 2 heterocycles. The number of hydrogen-bond donors (Lipinski definition) is 2. The number of aryl methyl sites for hydroxylation is 2. The molecule has 0 saturated carbocycles. The standard InChI is InChI=1S/C15H15N5O2S/c1-9-5-10(12-3-4-20(2)19-12)7-11(6-9)14-16-15(18-17-14)23-8-13(21)22/h3-7H,8H2,1-2H3,(H,21,22)(H,16,17,18). The molecule has 0 bridgehead atoms. The highest BCUT2D eigenvalue weighted by Crippen LogP contribution is 2.26. The van der Waals surface area contributed by atoms with Gasteiger partial charge in [-0.1, -0.05) is 11.8 Å². The summed E-state index contributed by atoms with van der Waals surface area (Å²) < 4.78 is 1.76. The van der Waals surface area contributed by atoms with Crippen LogP contribution in [0.5, 0.6) is 0 Å². The highest BCUT2D eigenvalue weighted by molar-refractivity contribution is 7.99. The fourth-order valence-corrected chi connectivity index (χ4v) is 2.74. The summed E-state index contributed by atoms with van der Waals surface area (Å²) in [6.07, 6.45) is 1.90. The van der Waals surface area contributed by atoms with Gasteiger partial charge in [-0.3, -0.25) is 9.48 Å². The van der Waals surface area contributed by atoms with Crippen molar-refractivity contribution in [2.75, 3.05) is 5.75 Å². The Bertz CT molecular complexity index is 855. The Morgan fingerprint density at radius 2 is 2.09 bits per heavy atom. The average Bonchev–Trinajstić information content (AvgIpc) is 3.13. The summed E-state index contributed by atoms with van der Waals surface area (Å²) in [6.45, 7) is 2.01. The maximum atomic E-state index is 10.6. The minimum Gasteiger partial charge on any atom is -0.481 e. The lowest BCUT2D eigenvalue weighted by Gasteiger charge is -2.03. The molecular formula is C15H15N5O2S. The summed E-state index contributed by atoms with van der Waals surface area (Å²) in [5.41, 5.74) is 3.86. The van der Waals surface area contributed by atoms with Crippen LogP contribution in [-0.4, -0.2) is 41.8 Å². The lowest BCUT2D eigenvalue weighted by molar-refractivity contribution is -0.133. The number of aromatic amines is 1. The number of carboxylic acid groups (broad SMARTS) is 1. The van der Waals surface area contributed by atoms with Gasteiger partial charge in [0.1, 0.15) is 0 Å². The van der Waals surface area contributed by atoms with Crippen LogP contribution in [-0.2, 0) is 11.8 Å². The second kappa shape index (κ2) is 6.25. The number of carboxylic acids is 1. The molecule has 3 rings (SSSR count). The number of H-pyrrole nitrogens is 1. The molecule has 0 saturated heterocycles. The summed E-state index contributed by atoms with van der Waals surface area (Å²) in [5, 5.41) is 21.7. The van der Waals surface area contributed by atoms with Gasteiger partial charge in [0.15, 0.2) is 11.0 Å². The molecule has 0 amide bonds. The molecule has 8 heteroatoms.